The molecule has 1 aromatic carbocycles. The number of hydrogen-bond acceptors (Lipinski definition) is 4. The molecule has 4 heteroatoms. The Kier molecular flexibility index (Phi) is 5.17. The molecule has 0 spiro atoms. The minimum absolute atomic E-state index is 0.182. The van der Waals surface area contributed by atoms with Crippen LogP contribution < -0.4 is 11.1 Å². The first-order valence-corrected chi connectivity index (χ1v) is 6.48. The number of nitrogens with two attached hydrogens (primary N) is 1. The summed E-state index contributed by atoms with van der Waals surface area (Å²) in [5.74, 6) is 0. The molecule has 0 aliphatic carbocycles. The predicted molar refractivity (Wildman–Crippen MR) is 69.7 cm³/mol. The Bertz CT molecular complexity index is 382. The first kappa shape index (κ1) is 12.9. The van der Waals surface area contributed by atoms with Gasteiger partial charge in [-0.25, -0.2) is 0 Å². The number of hydrogen-bond donors (Lipinski definition) is 2. The maximum atomic E-state index is 9.11. The fourth-order valence-corrected chi connectivity index (χ4v) is 1.97. The van der Waals surface area contributed by atoms with Gasteiger partial charge in [0.15, 0.2) is 0 Å². The molecule has 0 amide bonds. The van der Waals surface area contributed by atoms with E-state index in [4.69, 9.17) is 11.0 Å². The summed E-state index contributed by atoms with van der Waals surface area (Å²) in [6, 6.07) is 8.27. The molecule has 1 unspecified atom stereocenters. The van der Waals surface area contributed by atoms with Crippen LogP contribution in [0.25, 0.3) is 0 Å². The van der Waals surface area contributed by atoms with E-state index in [0.29, 0.717) is 0 Å². The van der Waals surface area contributed by atoms with Gasteiger partial charge in [0.1, 0.15) is 6.07 Å². The van der Waals surface area contributed by atoms with E-state index in [1.54, 1.807) is 11.8 Å². The Morgan fingerprint density at radius 1 is 1.56 bits per heavy atom. The highest BCUT2D eigenvalue weighted by Gasteiger charge is 2.06. The van der Waals surface area contributed by atoms with Gasteiger partial charge in [-0.15, -0.1) is 11.8 Å². The molecule has 0 aromatic heterocycles. The van der Waals surface area contributed by atoms with E-state index in [1.165, 1.54) is 0 Å². The van der Waals surface area contributed by atoms with Crippen molar-refractivity contribution in [3.8, 4) is 6.07 Å². The molecule has 0 fully saturated rings. The van der Waals surface area contributed by atoms with E-state index in [0.717, 1.165) is 29.1 Å². The van der Waals surface area contributed by atoms with Crippen LogP contribution in [0.4, 0.5) is 5.69 Å². The summed E-state index contributed by atoms with van der Waals surface area (Å²) in [6.07, 6.45) is 2.87. The van der Waals surface area contributed by atoms with Crippen LogP contribution in [0, 0.1) is 11.3 Å². The summed E-state index contributed by atoms with van der Waals surface area (Å²) in [5, 5.41) is 12.4. The number of nitriles is 1. The Morgan fingerprint density at radius 3 is 2.88 bits per heavy atom. The molecule has 1 atom stereocenters. The van der Waals surface area contributed by atoms with Crippen LogP contribution >= 0.6 is 11.8 Å². The highest BCUT2D eigenvalue weighted by molar-refractivity contribution is 7.98. The summed E-state index contributed by atoms with van der Waals surface area (Å²) in [5.41, 5.74) is 7.29. The molecule has 0 radical (unpaired) electrons. The smallest absolute Gasteiger partial charge is 0.102 e. The molecular weight excluding hydrogens is 218 g/mol. The molecular formula is C12H17N3S. The predicted octanol–water partition coefficient (Wildman–Crippen LogP) is 2.43. The van der Waals surface area contributed by atoms with Crippen LogP contribution in [0.3, 0.4) is 0 Å². The lowest BCUT2D eigenvalue weighted by atomic mass is 10.2. The van der Waals surface area contributed by atoms with Crippen molar-refractivity contribution in [1.82, 2.24) is 0 Å². The average molecular weight is 235 g/mol. The van der Waals surface area contributed by atoms with E-state index in [1.807, 2.05) is 31.4 Å². The third-order valence-electron chi connectivity index (χ3n) is 2.27. The maximum Gasteiger partial charge on any atom is 0.102 e. The highest BCUT2D eigenvalue weighted by Crippen LogP contribution is 2.26. The van der Waals surface area contributed by atoms with Crippen LogP contribution in [0.15, 0.2) is 23.1 Å². The number of thioether (sulfide) groups is 1. The van der Waals surface area contributed by atoms with Crippen molar-refractivity contribution < 1.29 is 0 Å². The molecule has 3 nitrogen and oxygen atoms in total. The Balaban J connectivity index is 2.76. The van der Waals surface area contributed by atoms with E-state index < -0.39 is 0 Å². The van der Waals surface area contributed by atoms with Gasteiger partial charge in [-0.05, 0) is 31.7 Å². The monoisotopic (exact) mass is 235 g/mol. The standard InChI is InChI=1S/C12H17N3S/c1-9(14)6-7-15-11-4-3-5-12(16-2)10(11)8-13/h3-5,9,15H,6-7,14H2,1-2H3. The van der Waals surface area contributed by atoms with E-state index in [2.05, 4.69) is 11.4 Å². The molecule has 0 aliphatic heterocycles. The zero-order valence-electron chi connectivity index (χ0n) is 9.66. The zero-order chi connectivity index (χ0) is 12.0. The zero-order valence-corrected chi connectivity index (χ0v) is 10.5. The summed E-state index contributed by atoms with van der Waals surface area (Å²) in [6.45, 7) is 2.77. The van der Waals surface area contributed by atoms with Crippen molar-refractivity contribution >= 4 is 17.4 Å². The number of nitrogens with one attached hydrogen (secondary N) is 1. The van der Waals surface area contributed by atoms with Crippen molar-refractivity contribution in [2.24, 2.45) is 5.73 Å². The Labute approximate surface area is 101 Å². The maximum absolute atomic E-state index is 9.11. The molecule has 86 valence electrons. The fraction of sp³-hybridized carbons (Fsp3) is 0.417. The van der Waals surface area contributed by atoms with Gasteiger partial charge in [0.2, 0.25) is 0 Å². The van der Waals surface area contributed by atoms with E-state index in [9.17, 15) is 0 Å². The first-order chi connectivity index (χ1) is 7.69. The van der Waals surface area contributed by atoms with Crippen molar-refractivity contribution in [3.05, 3.63) is 23.8 Å². The lowest BCUT2D eigenvalue weighted by Gasteiger charge is -2.11. The third-order valence-corrected chi connectivity index (χ3v) is 3.05. The normalized spacial score (nSPS) is 11.9. The molecule has 0 saturated carbocycles. The average Bonchev–Trinajstić information content (AvgIpc) is 2.28. The Morgan fingerprint density at radius 2 is 2.31 bits per heavy atom. The van der Waals surface area contributed by atoms with Gasteiger partial charge in [-0.3, -0.25) is 0 Å². The minimum atomic E-state index is 0.182. The van der Waals surface area contributed by atoms with E-state index in [-0.39, 0.29) is 6.04 Å². The topological polar surface area (TPSA) is 61.8 Å². The van der Waals surface area contributed by atoms with Gasteiger partial charge in [0, 0.05) is 17.5 Å². The SMILES string of the molecule is CSc1cccc(NCCC(C)N)c1C#N. The summed E-state index contributed by atoms with van der Waals surface area (Å²) in [4.78, 5) is 1.01. The van der Waals surface area contributed by atoms with Crippen molar-refractivity contribution in [3.63, 3.8) is 0 Å². The van der Waals surface area contributed by atoms with Crippen molar-refractivity contribution in [2.75, 3.05) is 18.1 Å². The second-order valence-corrected chi connectivity index (χ2v) is 4.54. The molecule has 1 rings (SSSR count). The van der Waals surface area contributed by atoms with E-state index >= 15 is 0 Å². The highest BCUT2D eigenvalue weighted by atomic mass is 32.2. The number of benzene rings is 1. The molecule has 16 heavy (non-hydrogen) atoms. The summed E-state index contributed by atoms with van der Waals surface area (Å²) < 4.78 is 0. The molecule has 1 aromatic rings. The van der Waals surface area contributed by atoms with Crippen LogP contribution in [-0.4, -0.2) is 18.8 Å². The molecule has 0 aliphatic rings. The molecule has 3 N–H and O–H groups in total. The van der Waals surface area contributed by atoms with Crippen LogP contribution in [-0.2, 0) is 0 Å². The van der Waals surface area contributed by atoms with Gasteiger partial charge in [-0.2, -0.15) is 5.26 Å². The van der Waals surface area contributed by atoms with Crippen LogP contribution in [0.5, 0.6) is 0 Å². The largest absolute Gasteiger partial charge is 0.384 e. The van der Waals surface area contributed by atoms with Gasteiger partial charge in [0.25, 0.3) is 0 Å². The minimum Gasteiger partial charge on any atom is -0.384 e. The van der Waals surface area contributed by atoms with Crippen LogP contribution in [0.2, 0.25) is 0 Å². The van der Waals surface area contributed by atoms with Crippen LogP contribution in [0.1, 0.15) is 18.9 Å². The first-order valence-electron chi connectivity index (χ1n) is 5.25. The fourth-order valence-electron chi connectivity index (χ4n) is 1.40. The number of anilines is 1. The van der Waals surface area contributed by atoms with Crippen molar-refractivity contribution in [2.45, 2.75) is 24.3 Å². The third kappa shape index (κ3) is 3.44. The van der Waals surface area contributed by atoms with Gasteiger partial charge in [-0.1, -0.05) is 6.07 Å². The second kappa shape index (κ2) is 6.41. The lowest BCUT2D eigenvalue weighted by Crippen LogP contribution is -2.19. The second-order valence-electron chi connectivity index (χ2n) is 3.69. The summed E-state index contributed by atoms with van der Waals surface area (Å²) in [7, 11) is 0. The van der Waals surface area contributed by atoms with Gasteiger partial charge >= 0.3 is 0 Å². The number of rotatable bonds is 5. The Hall–Kier alpha value is -1.18. The quantitative estimate of drug-likeness (QED) is 0.769. The summed E-state index contributed by atoms with van der Waals surface area (Å²) >= 11 is 1.59. The van der Waals surface area contributed by atoms with Gasteiger partial charge < -0.3 is 11.1 Å². The number of nitrogens with zero attached hydrogens (tertiary/aromatic N) is 1. The lowest BCUT2D eigenvalue weighted by molar-refractivity contribution is 0.690. The van der Waals surface area contributed by atoms with Crippen molar-refractivity contribution in [1.29, 1.82) is 5.26 Å². The molecule has 0 saturated heterocycles. The van der Waals surface area contributed by atoms with Gasteiger partial charge in [0.05, 0.1) is 11.3 Å². The molecule has 0 heterocycles. The molecule has 0 bridgehead atoms.